The minimum atomic E-state index is 0.748. The standard InChI is InChI=1S/C14H23NS/c1-2-15-13(11-12-5-3-6-12)8-9-14-7-4-10-16-14/h4,7,10,12-13,15H,2-3,5-6,8-9,11H2,1H3. The fraction of sp³-hybridized carbons (Fsp3) is 0.714. The first-order chi connectivity index (χ1) is 7.88. The molecule has 1 fully saturated rings. The van der Waals surface area contributed by atoms with Crippen LogP contribution in [0.4, 0.5) is 0 Å². The van der Waals surface area contributed by atoms with Crippen LogP contribution in [-0.2, 0) is 6.42 Å². The van der Waals surface area contributed by atoms with Gasteiger partial charge >= 0.3 is 0 Å². The highest BCUT2D eigenvalue weighted by Gasteiger charge is 2.21. The van der Waals surface area contributed by atoms with Gasteiger partial charge in [0, 0.05) is 10.9 Å². The molecule has 1 nitrogen and oxygen atoms in total. The lowest BCUT2D eigenvalue weighted by atomic mass is 9.80. The quantitative estimate of drug-likeness (QED) is 0.759. The molecule has 16 heavy (non-hydrogen) atoms. The average molecular weight is 237 g/mol. The van der Waals surface area contributed by atoms with E-state index in [1.54, 1.807) is 0 Å². The van der Waals surface area contributed by atoms with E-state index in [-0.39, 0.29) is 0 Å². The molecular formula is C14H23NS. The average Bonchev–Trinajstić information content (AvgIpc) is 2.72. The van der Waals surface area contributed by atoms with Gasteiger partial charge in [0.2, 0.25) is 0 Å². The highest BCUT2D eigenvalue weighted by Crippen LogP contribution is 2.31. The second-order valence-corrected chi connectivity index (χ2v) is 5.94. The second-order valence-electron chi connectivity index (χ2n) is 4.91. The van der Waals surface area contributed by atoms with Gasteiger partial charge in [0.15, 0.2) is 0 Å². The summed E-state index contributed by atoms with van der Waals surface area (Å²) >= 11 is 1.89. The molecule has 1 atom stereocenters. The predicted molar refractivity (Wildman–Crippen MR) is 72.1 cm³/mol. The molecule has 1 aromatic heterocycles. The van der Waals surface area contributed by atoms with E-state index < -0.39 is 0 Å². The Morgan fingerprint density at radius 3 is 2.94 bits per heavy atom. The summed E-state index contributed by atoms with van der Waals surface area (Å²) in [7, 11) is 0. The smallest absolute Gasteiger partial charge is 0.00730 e. The lowest BCUT2D eigenvalue weighted by Crippen LogP contribution is -2.33. The van der Waals surface area contributed by atoms with E-state index >= 15 is 0 Å². The van der Waals surface area contributed by atoms with Crippen LogP contribution in [0.2, 0.25) is 0 Å². The van der Waals surface area contributed by atoms with Crippen LogP contribution in [0.15, 0.2) is 17.5 Å². The predicted octanol–water partition coefficient (Wildman–Crippen LogP) is 3.85. The summed E-state index contributed by atoms with van der Waals surface area (Å²) in [6, 6.07) is 5.17. The Bertz CT molecular complexity index is 277. The van der Waals surface area contributed by atoms with Crippen molar-refractivity contribution < 1.29 is 0 Å². The van der Waals surface area contributed by atoms with E-state index in [9.17, 15) is 0 Å². The van der Waals surface area contributed by atoms with Crippen LogP contribution < -0.4 is 5.32 Å². The Morgan fingerprint density at radius 1 is 1.50 bits per heavy atom. The number of rotatable bonds is 7. The Kier molecular flexibility index (Phi) is 4.86. The number of hydrogen-bond donors (Lipinski definition) is 1. The van der Waals surface area contributed by atoms with Crippen molar-refractivity contribution in [3.63, 3.8) is 0 Å². The molecule has 1 N–H and O–H groups in total. The largest absolute Gasteiger partial charge is 0.314 e. The number of thiophene rings is 1. The molecule has 0 aromatic carbocycles. The van der Waals surface area contributed by atoms with Gasteiger partial charge in [-0.05, 0) is 43.2 Å². The second kappa shape index (κ2) is 6.41. The summed E-state index contributed by atoms with van der Waals surface area (Å²) in [6.45, 7) is 3.33. The molecule has 0 radical (unpaired) electrons. The van der Waals surface area contributed by atoms with Gasteiger partial charge in [-0.15, -0.1) is 11.3 Å². The Hall–Kier alpha value is -0.340. The Morgan fingerprint density at radius 2 is 2.38 bits per heavy atom. The van der Waals surface area contributed by atoms with E-state index in [1.807, 2.05) is 11.3 Å². The van der Waals surface area contributed by atoms with E-state index in [4.69, 9.17) is 0 Å². The van der Waals surface area contributed by atoms with Gasteiger partial charge in [-0.1, -0.05) is 32.3 Å². The van der Waals surface area contributed by atoms with Crippen LogP contribution in [0.3, 0.4) is 0 Å². The molecule has 1 aliphatic carbocycles. The molecule has 1 unspecified atom stereocenters. The molecule has 2 rings (SSSR count). The van der Waals surface area contributed by atoms with Gasteiger partial charge in [-0.3, -0.25) is 0 Å². The number of nitrogens with one attached hydrogen (secondary N) is 1. The van der Waals surface area contributed by atoms with Crippen molar-refractivity contribution >= 4 is 11.3 Å². The van der Waals surface area contributed by atoms with Crippen LogP contribution in [0.5, 0.6) is 0 Å². The molecule has 2 heteroatoms. The summed E-state index contributed by atoms with van der Waals surface area (Å²) < 4.78 is 0. The lowest BCUT2D eigenvalue weighted by Gasteiger charge is -2.30. The molecule has 1 heterocycles. The Labute approximate surface area is 103 Å². The zero-order valence-electron chi connectivity index (χ0n) is 10.2. The van der Waals surface area contributed by atoms with Crippen LogP contribution in [-0.4, -0.2) is 12.6 Å². The van der Waals surface area contributed by atoms with Crippen molar-refractivity contribution in [2.75, 3.05) is 6.54 Å². The van der Waals surface area contributed by atoms with Crippen LogP contribution in [0, 0.1) is 5.92 Å². The first-order valence-corrected chi connectivity index (χ1v) is 7.52. The van der Waals surface area contributed by atoms with E-state index in [1.165, 1.54) is 43.4 Å². The molecule has 1 saturated carbocycles. The third kappa shape index (κ3) is 3.60. The van der Waals surface area contributed by atoms with Crippen molar-refractivity contribution in [3.8, 4) is 0 Å². The molecular weight excluding hydrogens is 214 g/mol. The molecule has 0 saturated heterocycles. The van der Waals surface area contributed by atoms with E-state index in [0.717, 1.165) is 18.5 Å². The van der Waals surface area contributed by atoms with E-state index in [2.05, 4.69) is 29.8 Å². The first kappa shape index (κ1) is 12.1. The van der Waals surface area contributed by atoms with Crippen LogP contribution >= 0.6 is 11.3 Å². The Balaban J connectivity index is 1.72. The highest BCUT2D eigenvalue weighted by atomic mass is 32.1. The normalized spacial score (nSPS) is 18.3. The van der Waals surface area contributed by atoms with Crippen molar-refractivity contribution in [3.05, 3.63) is 22.4 Å². The van der Waals surface area contributed by atoms with Crippen LogP contribution in [0.25, 0.3) is 0 Å². The van der Waals surface area contributed by atoms with Gasteiger partial charge in [0.05, 0.1) is 0 Å². The molecule has 0 bridgehead atoms. The monoisotopic (exact) mass is 237 g/mol. The van der Waals surface area contributed by atoms with Gasteiger partial charge < -0.3 is 5.32 Å². The van der Waals surface area contributed by atoms with E-state index in [0.29, 0.717) is 0 Å². The SMILES string of the molecule is CCNC(CCc1cccs1)CC1CCC1. The summed E-state index contributed by atoms with van der Waals surface area (Å²) in [6.07, 6.45) is 8.38. The third-order valence-corrected chi connectivity index (χ3v) is 4.59. The first-order valence-electron chi connectivity index (χ1n) is 6.64. The molecule has 1 aliphatic rings. The van der Waals surface area contributed by atoms with Crippen molar-refractivity contribution in [2.24, 2.45) is 5.92 Å². The number of hydrogen-bond acceptors (Lipinski definition) is 2. The topological polar surface area (TPSA) is 12.0 Å². The fourth-order valence-electron chi connectivity index (χ4n) is 2.49. The summed E-state index contributed by atoms with van der Waals surface area (Å²) in [5.41, 5.74) is 0. The van der Waals surface area contributed by atoms with Crippen LogP contribution in [0.1, 0.15) is 43.9 Å². The van der Waals surface area contributed by atoms with Crippen molar-refractivity contribution in [1.82, 2.24) is 5.32 Å². The maximum absolute atomic E-state index is 3.65. The van der Waals surface area contributed by atoms with Crippen molar-refractivity contribution in [2.45, 2.75) is 51.5 Å². The molecule has 0 aliphatic heterocycles. The molecule has 90 valence electrons. The zero-order chi connectivity index (χ0) is 11.2. The fourth-order valence-corrected chi connectivity index (χ4v) is 3.22. The molecule has 0 amide bonds. The molecule has 1 aromatic rings. The van der Waals surface area contributed by atoms with Gasteiger partial charge in [-0.2, -0.15) is 0 Å². The maximum atomic E-state index is 3.65. The minimum Gasteiger partial charge on any atom is -0.314 e. The zero-order valence-corrected chi connectivity index (χ0v) is 11.1. The summed E-state index contributed by atoms with van der Waals surface area (Å²) in [4.78, 5) is 1.54. The molecule has 0 spiro atoms. The minimum absolute atomic E-state index is 0.748. The third-order valence-electron chi connectivity index (χ3n) is 3.65. The number of aryl methyl sites for hydroxylation is 1. The van der Waals surface area contributed by atoms with Gasteiger partial charge in [-0.25, -0.2) is 0 Å². The highest BCUT2D eigenvalue weighted by molar-refractivity contribution is 7.09. The maximum Gasteiger partial charge on any atom is 0.00730 e. The van der Waals surface area contributed by atoms with Crippen molar-refractivity contribution in [1.29, 1.82) is 0 Å². The summed E-state index contributed by atoms with van der Waals surface area (Å²) in [5, 5.41) is 5.83. The lowest BCUT2D eigenvalue weighted by molar-refractivity contribution is 0.256. The van der Waals surface area contributed by atoms with Gasteiger partial charge in [0.25, 0.3) is 0 Å². The summed E-state index contributed by atoms with van der Waals surface area (Å²) in [5.74, 6) is 1.02. The van der Waals surface area contributed by atoms with Gasteiger partial charge in [0.1, 0.15) is 0 Å².